The summed E-state index contributed by atoms with van der Waals surface area (Å²) >= 11 is 0. The summed E-state index contributed by atoms with van der Waals surface area (Å²) in [6.45, 7) is 4.71. The van der Waals surface area contributed by atoms with Crippen LogP contribution in [0.15, 0.2) is 194 Å². The molecule has 1 aromatic heterocycles. The topological polar surface area (TPSA) is 8.17 Å². The van der Waals surface area contributed by atoms with Crippen LogP contribution in [0.2, 0.25) is 0 Å². The SMILES string of the molecule is CC1(C)c2ccccc2-c2c(N(c3ccccc3)c3cc(-c4ccccc4)cc(-c4cccc5c4c4ccccc4n5-c4ccccc4)c3)cccc21. The lowest BCUT2D eigenvalue weighted by molar-refractivity contribution is 0.660. The van der Waals surface area contributed by atoms with Crippen molar-refractivity contribution in [2.75, 3.05) is 4.90 Å². The molecule has 0 saturated carbocycles. The van der Waals surface area contributed by atoms with Crippen LogP contribution < -0.4 is 4.90 Å². The molecule has 1 aliphatic rings. The zero-order chi connectivity index (χ0) is 35.5. The van der Waals surface area contributed by atoms with Crippen molar-refractivity contribution >= 4 is 38.9 Å². The van der Waals surface area contributed by atoms with Crippen molar-refractivity contribution in [3.05, 3.63) is 205 Å². The van der Waals surface area contributed by atoms with Crippen LogP contribution >= 0.6 is 0 Å². The average molecular weight is 679 g/mol. The van der Waals surface area contributed by atoms with E-state index in [-0.39, 0.29) is 5.41 Å². The summed E-state index contributed by atoms with van der Waals surface area (Å²) in [5.74, 6) is 0. The fourth-order valence-electron chi connectivity index (χ4n) is 8.73. The smallest absolute Gasteiger partial charge is 0.0547 e. The molecule has 53 heavy (non-hydrogen) atoms. The van der Waals surface area contributed by atoms with Crippen LogP contribution in [0.25, 0.3) is 60.9 Å². The van der Waals surface area contributed by atoms with Gasteiger partial charge in [0, 0.05) is 38.8 Å². The summed E-state index contributed by atoms with van der Waals surface area (Å²) < 4.78 is 2.40. The van der Waals surface area contributed by atoms with Crippen molar-refractivity contribution in [1.82, 2.24) is 4.57 Å². The fraction of sp³-hybridized carbons (Fsp3) is 0.0588. The minimum Gasteiger partial charge on any atom is -0.310 e. The van der Waals surface area contributed by atoms with E-state index in [2.05, 4.69) is 217 Å². The predicted octanol–water partition coefficient (Wildman–Crippen LogP) is 13.9. The zero-order valence-electron chi connectivity index (χ0n) is 29.9. The molecule has 1 heterocycles. The summed E-state index contributed by atoms with van der Waals surface area (Å²) in [6, 6.07) is 70.9. The molecule has 2 nitrogen and oxygen atoms in total. The van der Waals surface area contributed by atoms with Crippen molar-refractivity contribution in [3.63, 3.8) is 0 Å². The molecule has 10 rings (SSSR count). The number of hydrogen-bond donors (Lipinski definition) is 0. The van der Waals surface area contributed by atoms with E-state index in [0.29, 0.717) is 0 Å². The number of hydrogen-bond acceptors (Lipinski definition) is 1. The third-order valence-corrected chi connectivity index (χ3v) is 11.1. The van der Waals surface area contributed by atoms with Gasteiger partial charge in [0.05, 0.1) is 16.7 Å². The highest BCUT2D eigenvalue weighted by Crippen LogP contribution is 2.54. The first-order valence-electron chi connectivity index (χ1n) is 18.4. The molecule has 0 radical (unpaired) electrons. The molecule has 0 bridgehead atoms. The third kappa shape index (κ3) is 4.94. The van der Waals surface area contributed by atoms with Gasteiger partial charge in [0.1, 0.15) is 0 Å². The highest BCUT2D eigenvalue weighted by molar-refractivity contribution is 6.16. The molecule has 9 aromatic rings. The molecular weight excluding hydrogens is 641 g/mol. The van der Waals surface area contributed by atoms with E-state index < -0.39 is 0 Å². The van der Waals surface area contributed by atoms with Crippen molar-refractivity contribution < 1.29 is 0 Å². The molecule has 8 aromatic carbocycles. The Kier molecular flexibility index (Phi) is 7.19. The Hall–Kier alpha value is -6.64. The van der Waals surface area contributed by atoms with E-state index >= 15 is 0 Å². The summed E-state index contributed by atoms with van der Waals surface area (Å²) in [4.78, 5) is 2.47. The molecule has 0 saturated heterocycles. The molecule has 252 valence electrons. The van der Waals surface area contributed by atoms with Crippen LogP contribution in [0, 0.1) is 0 Å². The molecule has 0 N–H and O–H groups in total. The Labute approximate surface area is 310 Å². The molecule has 0 unspecified atom stereocenters. The maximum Gasteiger partial charge on any atom is 0.0547 e. The average Bonchev–Trinajstić information content (AvgIpc) is 3.68. The number of rotatable bonds is 6. The molecule has 1 aliphatic carbocycles. The molecule has 2 heteroatoms. The maximum atomic E-state index is 2.47. The molecule has 0 amide bonds. The van der Waals surface area contributed by atoms with Crippen LogP contribution in [0.5, 0.6) is 0 Å². The van der Waals surface area contributed by atoms with Crippen LogP contribution in [0.4, 0.5) is 17.1 Å². The van der Waals surface area contributed by atoms with Gasteiger partial charge in [0.15, 0.2) is 0 Å². The minimum atomic E-state index is -0.107. The number of fused-ring (bicyclic) bond motifs is 6. The summed E-state index contributed by atoms with van der Waals surface area (Å²) in [7, 11) is 0. The number of nitrogens with zero attached hydrogens (tertiary/aromatic N) is 2. The third-order valence-electron chi connectivity index (χ3n) is 11.1. The monoisotopic (exact) mass is 678 g/mol. The lowest BCUT2D eigenvalue weighted by atomic mass is 9.82. The van der Waals surface area contributed by atoms with Gasteiger partial charge in [0.2, 0.25) is 0 Å². The van der Waals surface area contributed by atoms with Gasteiger partial charge < -0.3 is 9.47 Å². The Bertz CT molecular complexity index is 2790. The van der Waals surface area contributed by atoms with Gasteiger partial charge in [-0.1, -0.05) is 147 Å². The lowest BCUT2D eigenvalue weighted by Crippen LogP contribution is -2.16. The first-order valence-corrected chi connectivity index (χ1v) is 18.4. The Morgan fingerprint density at radius 1 is 0.434 bits per heavy atom. The number of benzene rings is 8. The fourth-order valence-corrected chi connectivity index (χ4v) is 8.73. The summed E-state index contributed by atoms with van der Waals surface area (Å²) in [5, 5.41) is 2.50. The van der Waals surface area contributed by atoms with Gasteiger partial charge in [-0.2, -0.15) is 0 Å². The normalized spacial score (nSPS) is 12.9. The van der Waals surface area contributed by atoms with Gasteiger partial charge in [0.25, 0.3) is 0 Å². The van der Waals surface area contributed by atoms with Gasteiger partial charge in [-0.3, -0.25) is 0 Å². The van der Waals surface area contributed by atoms with Gasteiger partial charge >= 0.3 is 0 Å². The van der Waals surface area contributed by atoms with Crippen LogP contribution in [-0.4, -0.2) is 4.57 Å². The van der Waals surface area contributed by atoms with Gasteiger partial charge in [-0.05, 0) is 99.6 Å². The van der Waals surface area contributed by atoms with E-state index in [4.69, 9.17) is 0 Å². The van der Waals surface area contributed by atoms with E-state index in [1.54, 1.807) is 0 Å². The lowest BCUT2D eigenvalue weighted by Gasteiger charge is -2.29. The minimum absolute atomic E-state index is 0.107. The summed E-state index contributed by atoms with van der Waals surface area (Å²) in [6.07, 6.45) is 0. The highest BCUT2D eigenvalue weighted by atomic mass is 15.1. The standard InChI is InChI=1S/C51H38N2/c1-51(2)44-27-14-12-24-42(44)50-45(51)28-17-31-48(50)52(38-20-8-4-9-21-38)40-33-36(35-18-6-3-7-19-35)32-37(34-40)41-26-16-30-47-49(41)43-25-13-15-29-46(43)53(47)39-22-10-5-11-23-39/h3-34H,1-2H3. The second-order valence-electron chi connectivity index (χ2n) is 14.6. The Morgan fingerprint density at radius 2 is 1.04 bits per heavy atom. The van der Waals surface area contributed by atoms with Crippen molar-refractivity contribution in [2.24, 2.45) is 0 Å². The van der Waals surface area contributed by atoms with E-state index in [0.717, 1.165) is 17.1 Å². The molecular formula is C51H38N2. The molecule has 0 spiro atoms. The first-order chi connectivity index (χ1) is 26.1. The molecule has 0 aliphatic heterocycles. The maximum absolute atomic E-state index is 2.47. The number of aromatic nitrogens is 1. The number of para-hydroxylation sites is 3. The van der Waals surface area contributed by atoms with Crippen LogP contribution in [0.1, 0.15) is 25.0 Å². The number of anilines is 3. The largest absolute Gasteiger partial charge is 0.310 e. The van der Waals surface area contributed by atoms with Crippen molar-refractivity contribution in [1.29, 1.82) is 0 Å². The van der Waals surface area contributed by atoms with E-state index in [1.807, 2.05) is 0 Å². The second-order valence-corrected chi connectivity index (χ2v) is 14.6. The molecule has 0 fully saturated rings. The zero-order valence-corrected chi connectivity index (χ0v) is 29.9. The van der Waals surface area contributed by atoms with E-state index in [1.165, 1.54) is 72.0 Å². The van der Waals surface area contributed by atoms with Crippen LogP contribution in [0.3, 0.4) is 0 Å². The van der Waals surface area contributed by atoms with Gasteiger partial charge in [-0.15, -0.1) is 0 Å². The Morgan fingerprint density at radius 3 is 1.85 bits per heavy atom. The summed E-state index contributed by atoms with van der Waals surface area (Å²) in [5.41, 5.74) is 17.0. The van der Waals surface area contributed by atoms with Crippen LogP contribution in [-0.2, 0) is 5.41 Å². The first kappa shape index (κ1) is 31.1. The highest BCUT2D eigenvalue weighted by Gasteiger charge is 2.37. The van der Waals surface area contributed by atoms with Gasteiger partial charge in [-0.25, -0.2) is 0 Å². The van der Waals surface area contributed by atoms with Crippen molar-refractivity contribution in [3.8, 4) is 39.1 Å². The Balaban J connectivity index is 1.28. The van der Waals surface area contributed by atoms with Crippen molar-refractivity contribution in [2.45, 2.75) is 19.3 Å². The quantitative estimate of drug-likeness (QED) is 0.170. The molecule has 0 atom stereocenters. The predicted molar refractivity (Wildman–Crippen MR) is 224 cm³/mol. The second kappa shape index (κ2) is 12.3. The van der Waals surface area contributed by atoms with E-state index in [9.17, 15) is 0 Å².